The first-order valence-corrected chi connectivity index (χ1v) is 9.57. The molecule has 0 saturated heterocycles. The second-order valence-electron chi connectivity index (χ2n) is 6.76. The molecule has 4 aromatic rings. The smallest absolute Gasteiger partial charge is 0.161 e. The van der Waals surface area contributed by atoms with E-state index in [1.165, 1.54) is 0 Å². The first kappa shape index (κ1) is 18.9. The zero-order valence-corrected chi connectivity index (χ0v) is 16.9. The molecule has 0 aliphatic rings. The highest BCUT2D eigenvalue weighted by atomic mass is 16.5. The van der Waals surface area contributed by atoms with Gasteiger partial charge in [0.15, 0.2) is 11.5 Å². The van der Waals surface area contributed by atoms with Crippen LogP contribution < -0.4 is 14.2 Å². The summed E-state index contributed by atoms with van der Waals surface area (Å²) in [7, 11) is 3.27. The van der Waals surface area contributed by atoms with E-state index in [4.69, 9.17) is 19.2 Å². The zero-order chi connectivity index (χ0) is 20.2. The predicted octanol–water partition coefficient (Wildman–Crippen LogP) is 5.11. The van der Waals surface area contributed by atoms with E-state index >= 15 is 0 Å². The Morgan fingerprint density at radius 1 is 0.828 bits per heavy atom. The first-order valence-electron chi connectivity index (χ1n) is 9.57. The number of imidazole rings is 1. The van der Waals surface area contributed by atoms with E-state index in [0.717, 1.165) is 33.7 Å². The lowest BCUT2D eigenvalue weighted by atomic mass is 10.2. The molecule has 0 radical (unpaired) electrons. The van der Waals surface area contributed by atoms with Gasteiger partial charge in [0.1, 0.15) is 18.2 Å². The van der Waals surface area contributed by atoms with Crippen LogP contribution in [-0.4, -0.2) is 30.4 Å². The molecule has 0 amide bonds. The molecule has 4 rings (SSSR count). The molecule has 0 fully saturated rings. The predicted molar refractivity (Wildman–Crippen MR) is 115 cm³/mol. The van der Waals surface area contributed by atoms with E-state index < -0.39 is 0 Å². The molecule has 0 bridgehead atoms. The number of methoxy groups -OCH3 is 2. The van der Waals surface area contributed by atoms with Gasteiger partial charge in [-0.25, -0.2) is 4.98 Å². The van der Waals surface area contributed by atoms with E-state index in [2.05, 4.69) is 23.6 Å². The minimum absolute atomic E-state index is 0.547. The van der Waals surface area contributed by atoms with Crippen LogP contribution >= 0.6 is 0 Å². The maximum absolute atomic E-state index is 6.04. The summed E-state index contributed by atoms with van der Waals surface area (Å²) < 4.78 is 19.1. The SMILES string of the molecule is COc1ccc(-c2nc3ccccc3n2CCOc2ccccc2C)cc1OC. The van der Waals surface area contributed by atoms with Crippen molar-refractivity contribution in [2.45, 2.75) is 13.5 Å². The van der Waals surface area contributed by atoms with Gasteiger partial charge >= 0.3 is 0 Å². The average Bonchev–Trinajstić information content (AvgIpc) is 3.13. The van der Waals surface area contributed by atoms with Crippen molar-refractivity contribution in [2.24, 2.45) is 0 Å². The molecule has 5 heteroatoms. The van der Waals surface area contributed by atoms with Crippen molar-refractivity contribution in [2.75, 3.05) is 20.8 Å². The molecule has 5 nitrogen and oxygen atoms in total. The highest BCUT2D eigenvalue weighted by Crippen LogP contribution is 2.33. The van der Waals surface area contributed by atoms with E-state index in [0.29, 0.717) is 24.7 Å². The Morgan fingerprint density at radius 3 is 2.38 bits per heavy atom. The monoisotopic (exact) mass is 388 g/mol. The molecule has 3 aromatic carbocycles. The van der Waals surface area contributed by atoms with Gasteiger partial charge in [0, 0.05) is 5.56 Å². The normalized spacial score (nSPS) is 10.9. The van der Waals surface area contributed by atoms with Gasteiger partial charge < -0.3 is 18.8 Å². The Hall–Kier alpha value is -3.47. The minimum atomic E-state index is 0.547. The molecule has 0 saturated carbocycles. The lowest BCUT2D eigenvalue weighted by molar-refractivity contribution is 0.299. The number of ether oxygens (including phenoxy) is 3. The van der Waals surface area contributed by atoms with Crippen LogP contribution in [0.4, 0.5) is 0 Å². The summed E-state index contributed by atoms with van der Waals surface area (Å²) in [6.45, 7) is 3.28. The van der Waals surface area contributed by atoms with Gasteiger partial charge in [-0.05, 0) is 48.9 Å². The number of nitrogens with zero attached hydrogens (tertiary/aromatic N) is 2. The van der Waals surface area contributed by atoms with Crippen LogP contribution in [0.15, 0.2) is 66.7 Å². The van der Waals surface area contributed by atoms with Crippen LogP contribution in [0.5, 0.6) is 17.2 Å². The molecule has 0 aliphatic heterocycles. The number of benzene rings is 3. The van der Waals surface area contributed by atoms with Crippen molar-refractivity contribution in [3.8, 4) is 28.6 Å². The fourth-order valence-corrected chi connectivity index (χ4v) is 3.46. The van der Waals surface area contributed by atoms with Gasteiger partial charge in [0.2, 0.25) is 0 Å². The molecule has 0 unspecified atom stereocenters. The second-order valence-corrected chi connectivity index (χ2v) is 6.76. The Balaban J connectivity index is 1.69. The molecular weight excluding hydrogens is 364 g/mol. The lowest BCUT2D eigenvalue weighted by Gasteiger charge is -2.13. The van der Waals surface area contributed by atoms with Gasteiger partial charge in [-0.1, -0.05) is 30.3 Å². The molecule has 29 heavy (non-hydrogen) atoms. The van der Waals surface area contributed by atoms with E-state index in [1.54, 1.807) is 14.2 Å². The Kier molecular flexibility index (Phi) is 5.38. The Morgan fingerprint density at radius 2 is 1.59 bits per heavy atom. The van der Waals surface area contributed by atoms with Crippen LogP contribution in [0.25, 0.3) is 22.4 Å². The van der Waals surface area contributed by atoms with E-state index in [-0.39, 0.29) is 0 Å². The second kappa shape index (κ2) is 8.27. The lowest BCUT2D eigenvalue weighted by Crippen LogP contribution is -2.10. The van der Waals surface area contributed by atoms with Crippen LogP contribution in [-0.2, 0) is 6.54 Å². The molecule has 0 N–H and O–H groups in total. The number of para-hydroxylation sites is 3. The van der Waals surface area contributed by atoms with Gasteiger partial charge in [-0.15, -0.1) is 0 Å². The van der Waals surface area contributed by atoms with Crippen molar-refractivity contribution in [3.05, 3.63) is 72.3 Å². The zero-order valence-electron chi connectivity index (χ0n) is 16.9. The third-order valence-corrected chi connectivity index (χ3v) is 4.96. The van der Waals surface area contributed by atoms with Crippen LogP contribution in [0.1, 0.15) is 5.56 Å². The molecule has 0 atom stereocenters. The topological polar surface area (TPSA) is 45.5 Å². The quantitative estimate of drug-likeness (QED) is 0.441. The molecule has 1 aromatic heterocycles. The Bertz CT molecular complexity index is 1130. The first-order chi connectivity index (χ1) is 14.2. The Labute approximate surface area is 170 Å². The van der Waals surface area contributed by atoms with Crippen molar-refractivity contribution in [3.63, 3.8) is 0 Å². The standard InChI is InChI=1S/C24H24N2O3/c1-17-8-4-7-11-21(17)29-15-14-26-20-10-6-5-9-19(20)25-24(26)18-12-13-22(27-2)23(16-18)28-3/h4-13,16H,14-15H2,1-3H3. The largest absolute Gasteiger partial charge is 0.493 e. The molecule has 1 heterocycles. The molecule has 148 valence electrons. The summed E-state index contributed by atoms with van der Waals surface area (Å²) in [5.74, 6) is 3.16. The van der Waals surface area contributed by atoms with Crippen LogP contribution in [0.2, 0.25) is 0 Å². The van der Waals surface area contributed by atoms with Gasteiger partial charge in [-0.3, -0.25) is 0 Å². The highest BCUT2D eigenvalue weighted by molar-refractivity contribution is 5.81. The number of hydrogen-bond acceptors (Lipinski definition) is 4. The van der Waals surface area contributed by atoms with Gasteiger partial charge in [0.25, 0.3) is 0 Å². The summed E-state index contributed by atoms with van der Waals surface area (Å²) in [6.07, 6.45) is 0. The summed E-state index contributed by atoms with van der Waals surface area (Å²) in [5.41, 5.74) is 4.12. The number of rotatable bonds is 7. The third-order valence-electron chi connectivity index (χ3n) is 4.96. The van der Waals surface area contributed by atoms with Gasteiger partial charge in [0.05, 0.1) is 31.8 Å². The van der Waals surface area contributed by atoms with Crippen molar-refractivity contribution >= 4 is 11.0 Å². The van der Waals surface area contributed by atoms with Crippen LogP contribution in [0.3, 0.4) is 0 Å². The van der Waals surface area contributed by atoms with Gasteiger partial charge in [-0.2, -0.15) is 0 Å². The maximum atomic E-state index is 6.04. The number of fused-ring (bicyclic) bond motifs is 1. The maximum Gasteiger partial charge on any atom is 0.161 e. The van der Waals surface area contributed by atoms with Crippen molar-refractivity contribution < 1.29 is 14.2 Å². The number of aromatic nitrogens is 2. The number of aryl methyl sites for hydroxylation is 1. The third kappa shape index (κ3) is 3.76. The van der Waals surface area contributed by atoms with Crippen molar-refractivity contribution in [1.82, 2.24) is 9.55 Å². The summed E-state index contributed by atoms with van der Waals surface area (Å²) in [5, 5.41) is 0. The average molecular weight is 388 g/mol. The molecule has 0 spiro atoms. The van der Waals surface area contributed by atoms with Crippen LogP contribution in [0, 0.1) is 6.92 Å². The fraction of sp³-hybridized carbons (Fsp3) is 0.208. The van der Waals surface area contributed by atoms with E-state index in [9.17, 15) is 0 Å². The highest BCUT2D eigenvalue weighted by Gasteiger charge is 2.15. The number of hydrogen-bond donors (Lipinski definition) is 0. The summed E-state index contributed by atoms with van der Waals surface area (Å²) in [4.78, 5) is 4.87. The molecule has 0 aliphatic carbocycles. The molecular formula is C24H24N2O3. The minimum Gasteiger partial charge on any atom is -0.493 e. The summed E-state index contributed by atoms with van der Waals surface area (Å²) >= 11 is 0. The van der Waals surface area contributed by atoms with E-state index in [1.807, 2.05) is 54.6 Å². The van der Waals surface area contributed by atoms with Crippen molar-refractivity contribution in [1.29, 1.82) is 0 Å². The summed E-state index contributed by atoms with van der Waals surface area (Å²) in [6, 6.07) is 22.1. The fourth-order valence-electron chi connectivity index (χ4n) is 3.46.